The summed E-state index contributed by atoms with van der Waals surface area (Å²) in [5.74, 6) is -1.22. The van der Waals surface area contributed by atoms with Crippen LogP contribution in [-0.4, -0.2) is 39.9 Å². The maximum Gasteiger partial charge on any atom is 0.353 e. The van der Waals surface area contributed by atoms with E-state index in [0.29, 0.717) is 13.0 Å². The third kappa shape index (κ3) is 2.19. The van der Waals surface area contributed by atoms with E-state index in [0.717, 1.165) is 6.42 Å². The van der Waals surface area contributed by atoms with Gasteiger partial charge in [-0.2, -0.15) is 5.10 Å². The van der Waals surface area contributed by atoms with Crippen molar-refractivity contribution in [3.8, 4) is 0 Å². The molecule has 1 saturated heterocycles. The third-order valence-electron chi connectivity index (χ3n) is 2.28. The van der Waals surface area contributed by atoms with E-state index >= 15 is 0 Å². The lowest BCUT2D eigenvalue weighted by molar-refractivity contribution is -0.124. The van der Waals surface area contributed by atoms with Crippen LogP contribution < -0.4 is 5.32 Å². The Labute approximate surface area is 90.8 Å². The summed E-state index contributed by atoms with van der Waals surface area (Å²) in [6.45, 7) is 0.582. The van der Waals surface area contributed by atoms with Crippen molar-refractivity contribution in [3.05, 3.63) is 11.8 Å². The molecule has 7 heteroatoms. The molecule has 86 valence electrons. The molecule has 1 atom stereocenters. The van der Waals surface area contributed by atoms with Crippen LogP contribution in [0.15, 0.2) is 6.07 Å². The van der Waals surface area contributed by atoms with Crippen LogP contribution in [0.1, 0.15) is 23.3 Å². The zero-order valence-electron chi connectivity index (χ0n) is 8.40. The van der Waals surface area contributed by atoms with Gasteiger partial charge >= 0.3 is 5.97 Å². The van der Waals surface area contributed by atoms with Gasteiger partial charge in [-0.05, 0) is 12.8 Å². The van der Waals surface area contributed by atoms with E-state index in [1.54, 1.807) is 0 Å². The van der Waals surface area contributed by atoms with Gasteiger partial charge in [0.15, 0.2) is 5.82 Å². The fourth-order valence-electron chi connectivity index (χ4n) is 1.49. The van der Waals surface area contributed by atoms with E-state index in [2.05, 4.69) is 15.5 Å². The van der Waals surface area contributed by atoms with Crippen molar-refractivity contribution in [1.29, 1.82) is 0 Å². The van der Waals surface area contributed by atoms with Gasteiger partial charge in [0.25, 0.3) is 5.91 Å². The number of carbonyl (C=O) groups excluding carboxylic acids is 1. The maximum atomic E-state index is 11.6. The molecule has 2 rings (SSSR count). The average Bonchev–Trinajstić information content (AvgIpc) is 2.87. The van der Waals surface area contributed by atoms with E-state index < -0.39 is 12.1 Å². The molecular weight excluding hydrogens is 214 g/mol. The molecule has 1 aliphatic heterocycles. The lowest BCUT2D eigenvalue weighted by Gasteiger charge is -2.07. The number of aromatic amines is 1. The van der Waals surface area contributed by atoms with Crippen molar-refractivity contribution in [3.63, 3.8) is 0 Å². The van der Waals surface area contributed by atoms with Crippen molar-refractivity contribution in [2.24, 2.45) is 0 Å². The average molecular weight is 225 g/mol. The van der Waals surface area contributed by atoms with Gasteiger partial charge in [0, 0.05) is 12.7 Å². The monoisotopic (exact) mass is 225 g/mol. The molecule has 0 bridgehead atoms. The standard InChI is InChI=1S/C9H11N3O4/c13-8(6-2-1-3-16-6)10-7-4-5(9(14)15)11-12-7/h4,6H,1-3H2,(H,14,15)(H2,10,11,12,13)/t6-/m1/s1. The second-order valence-electron chi connectivity index (χ2n) is 3.46. The van der Waals surface area contributed by atoms with Crippen LogP contribution in [0.4, 0.5) is 5.82 Å². The highest BCUT2D eigenvalue weighted by atomic mass is 16.5. The Hall–Kier alpha value is -1.89. The van der Waals surface area contributed by atoms with E-state index in [4.69, 9.17) is 9.84 Å². The minimum absolute atomic E-state index is 0.0670. The molecule has 0 saturated carbocycles. The number of carboxylic acids is 1. The highest BCUT2D eigenvalue weighted by Crippen LogP contribution is 2.14. The molecule has 1 aromatic heterocycles. The van der Waals surface area contributed by atoms with Gasteiger partial charge in [-0.15, -0.1) is 0 Å². The lowest BCUT2D eigenvalue weighted by atomic mass is 10.2. The van der Waals surface area contributed by atoms with Gasteiger partial charge in [0.05, 0.1) is 0 Å². The lowest BCUT2D eigenvalue weighted by Crippen LogP contribution is -2.26. The zero-order valence-corrected chi connectivity index (χ0v) is 8.40. The molecule has 1 fully saturated rings. The number of hydrogen-bond donors (Lipinski definition) is 3. The number of carbonyl (C=O) groups is 2. The van der Waals surface area contributed by atoms with Gasteiger partial charge in [0.1, 0.15) is 11.8 Å². The first-order valence-corrected chi connectivity index (χ1v) is 4.88. The first-order valence-electron chi connectivity index (χ1n) is 4.88. The Balaban J connectivity index is 1.97. The first kappa shape index (κ1) is 10.6. The molecule has 1 aromatic rings. The highest BCUT2D eigenvalue weighted by molar-refractivity contribution is 5.94. The molecule has 7 nitrogen and oxygen atoms in total. The molecule has 1 amide bonds. The number of anilines is 1. The molecular formula is C9H11N3O4. The van der Waals surface area contributed by atoms with E-state index in [1.807, 2.05) is 0 Å². The van der Waals surface area contributed by atoms with Crippen molar-refractivity contribution in [2.75, 3.05) is 11.9 Å². The summed E-state index contributed by atoms with van der Waals surface area (Å²) >= 11 is 0. The molecule has 3 N–H and O–H groups in total. The largest absolute Gasteiger partial charge is 0.477 e. The number of H-pyrrole nitrogens is 1. The normalized spacial score (nSPS) is 19.6. The molecule has 16 heavy (non-hydrogen) atoms. The quantitative estimate of drug-likeness (QED) is 0.682. The molecule has 0 spiro atoms. The maximum absolute atomic E-state index is 11.6. The number of hydrogen-bond acceptors (Lipinski definition) is 4. The first-order chi connectivity index (χ1) is 7.66. The van der Waals surface area contributed by atoms with Crippen molar-refractivity contribution in [2.45, 2.75) is 18.9 Å². The Bertz CT molecular complexity index is 409. The fourth-order valence-corrected chi connectivity index (χ4v) is 1.49. The van der Waals surface area contributed by atoms with Crippen LogP contribution >= 0.6 is 0 Å². The van der Waals surface area contributed by atoms with Crippen molar-refractivity contribution >= 4 is 17.7 Å². The topological polar surface area (TPSA) is 104 Å². The van der Waals surface area contributed by atoms with Gasteiger partial charge in [-0.25, -0.2) is 4.79 Å². The van der Waals surface area contributed by atoms with Crippen LogP contribution in [0.25, 0.3) is 0 Å². The van der Waals surface area contributed by atoms with E-state index in [-0.39, 0.29) is 17.4 Å². The summed E-state index contributed by atoms with van der Waals surface area (Å²) in [4.78, 5) is 22.1. The second-order valence-corrected chi connectivity index (χ2v) is 3.46. The Morgan fingerprint density at radius 1 is 1.62 bits per heavy atom. The molecule has 0 unspecified atom stereocenters. The second kappa shape index (κ2) is 4.31. The van der Waals surface area contributed by atoms with Gasteiger partial charge in [-0.1, -0.05) is 0 Å². The molecule has 2 heterocycles. The molecule has 1 aliphatic rings. The zero-order chi connectivity index (χ0) is 11.5. The fraction of sp³-hybridized carbons (Fsp3) is 0.444. The number of nitrogens with zero attached hydrogens (tertiary/aromatic N) is 1. The van der Waals surface area contributed by atoms with Gasteiger partial charge < -0.3 is 15.2 Å². The van der Waals surface area contributed by atoms with Crippen LogP contribution in [0.2, 0.25) is 0 Å². The minimum Gasteiger partial charge on any atom is -0.477 e. The summed E-state index contributed by atoms with van der Waals surface area (Å²) in [5.41, 5.74) is -0.0670. The van der Waals surface area contributed by atoms with Crippen molar-refractivity contribution in [1.82, 2.24) is 10.2 Å². The van der Waals surface area contributed by atoms with Crippen LogP contribution in [0.5, 0.6) is 0 Å². The smallest absolute Gasteiger partial charge is 0.353 e. The SMILES string of the molecule is O=C(O)c1cc(NC(=O)[C@H]2CCCO2)n[nH]1. The van der Waals surface area contributed by atoms with Crippen LogP contribution in [0.3, 0.4) is 0 Å². The highest BCUT2D eigenvalue weighted by Gasteiger charge is 2.24. The molecule has 0 aromatic carbocycles. The summed E-state index contributed by atoms with van der Waals surface area (Å²) in [5, 5.41) is 17.1. The Morgan fingerprint density at radius 2 is 2.44 bits per heavy atom. The van der Waals surface area contributed by atoms with Crippen molar-refractivity contribution < 1.29 is 19.4 Å². The number of aromatic nitrogens is 2. The van der Waals surface area contributed by atoms with E-state index in [9.17, 15) is 9.59 Å². The Kier molecular flexibility index (Phi) is 2.86. The van der Waals surface area contributed by atoms with Gasteiger partial charge in [-0.3, -0.25) is 9.89 Å². The number of nitrogens with one attached hydrogen (secondary N) is 2. The van der Waals surface area contributed by atoms with E-state index in [1.165, 1.54) is 6.07 Å². The summed E-state index contributed by atoms with van der Waals surface area (Å²) < 4.78 is 5.17. The number of rotatable bonds is 3. The number of carboxylic acid groups (broad SMARTS) is 1. The predicted molar refractivity (Wildman–Crippen MR) is 53.2 cm³/mol. The van der Waals surface area contributed by atoms with Crippen LogP contribution in [-0.2, 0) is 9.53 Å². The number of amides is 1. The summed E-state index contributed by atoms with van der Waals surface area (Å²) in [6.07, 6.45) is 1.09. The van der Waals surface area contributed by atoms with Gasteiger partial charge in [0.2, 0.25) is 0 Å². The number of aromatic carboxylic acids is 1. The minimum atomic E-state index is -1.12. The number of ether oxygens (including phenoxy) is 1. The molecule has 0 aliphatic carbocycles. The third-order valence-corrected chi connectivity index (χ3v) is 2.28. The summed E-state index contributed by atoms with van der Waals surface area (Å²) in [7, 11) is 0. The Morgan fingerprint density at radius 3 is 3.00 bits per heavy atom. The van der Waals surface area contributed by atoms with Crippen LogP contribution in [0, 0.1) is 0 Å². The predicted octanol–water partition coefficient (Wildman–Crippen LogP) is 0.225. The summed E-state index contributed by atoms with van der Waals surface area (Å²) in [6, 6.07) is 1.26. The molecule has 0 radical (unpaired) electrons.